The SMILES string of the molecule is CCCC(C)COCc1nnsc1NN. The Labute approximate surface area is 94.1 Å². The highest BCUT2D eigenvalue weighted by atomic mass is 32.1. The van der Waals surface area contributed by atoms with Gasteiger partial charge in [-0.2, -0.15) is 0 Å². The minimum Gasteiger partial charge on any atom is -0.375 e. The lowest BCUT2D eigenvalue weighted by molar-refractivity contribution is 0.0875. The Morgan fingerprint density at radius 3 is 3.07 bits per heavy atom. The summed E-state index contributed by atoms with van der Waals surface area (Å²) in [4.78, 5) is 0. The van der Waals surface area contributed by atoms with Crippen molar-refractivity contribution < 1.29 is 4.74 Å². The number of nitrogens with two attached hydrogens (primary N) is 1. The smallest absolute Gasteiger partial charge is 0.149 e. The van der Waals surface area contributed by atoms with Crippen molar-refractivity contribution in [2.75, 3.05) is 12.0 Å². The average molecular weight is 230 g/mol. The molecular formula is C9H18N4OS. The lowest BCUT2D eigenvalue weighted by atomic mass is 10.1. The molecule has 5 nitrogen and oxygen atoms in total. The maximum atomic E-state index is 5.54. The van der Waals surface area contributed by atoms with Gasteiger partial charge in [0, 0.05) is 18.1 Å². The molecule has 0 spiro atoms. The van der Waals surface area contributed by atoms with Gasteiger partial charge in [-0.25, -0.2) is 5.84 Å². The van der Waals surface area contributed by atoms with E-state index in [1.54, 1.807) is 0 Å². The molecule has 1 atom stereocenters. The van der Waals surface area contributed by atoms with Crippen molar-refractivity contribution >= 4 is 16.5 Å². The van der Waals surface area contributed by atoms with Crippen LogP contribution in [0.1, 0.15) is 32.4 Å². The zero-order valence-electron chi connectivity index (χ0n) is 9.19. The van der Waals surface area contributed by atoms with Gasteiger partial charge in [0.05, 0.1) is 6.61 Å². The fraction of sp³-hybridized carbons (Fsp3) is 0.778. The van der Waals surface area contributed by atoms with Crippen LogP contribution in [-0.4, -0.2) is 16.2 Å². The summed E-state index contributed by atoms with van der Waals surface area (Å²) in [6.45, 7) is 5.60. The molecule has 0 saturated heterocycles. The summed E-state index contributed by atoms with van der Waals surface area (Å²) < 4.78 is 9.34. The Kier molecular flexibility index (Phi) is 5.52. The van der Waals surface area contributed by atoms with Gasteiger partial charge in [0.2, 0.25) is 0 Å². The van der Waals surface area contributed by atoms with Gasteiger partial charge in [0.15, 0.2) is 0 Å². The third kappa shape index (κ3) is 4.11. The van der Waals surface area contributed by atoms with Gasteiger partial charge in [-0.15, -0.1) is 5.10 Å². The number of nitrogen functional groups attached to an aromatic ring is 1. The van der Waals surface area contributed by atoms with Crippen molar-refractivity contribution in [3.63, 3.8) is 0 Å². The van der Waals surface area contributed by atoms with Gasteiger partial charge < -0.3 is 10.2 Å². The van der Waals surface area contributed by atoms with Crippen LogP contribution in [0, 0.1) is 5.92 Å². The summed E-state index contributed by atoms with van der Waals surface area (Å²) in [6, 6.07) is 0. The van der Waals surface area contributed by atoms with Crippen molar-refractivity contribution in [1.29, 1.82) is 0 Å². The van der Waals surface area contributed by atoms with Crippen LogP contribution < -0.4 is 11.3 Å². The Balaban J connectivity index is 2.25. The highest BCUT2D eigenvalue weighted by molar-refractivity contribution is 7.10. The van der Waals surface area contributed by atoms with Gasteiger partial charge in [-0.3, -0.25) is 0 Å². The number of hydrazine groups is 1. The first-order chi connectivity index (χ1) is 7.27. The van der Waals surface area contributed by atoms with Gasteiger partial charge in [0.25, 0.3) is 0 Å². The predicted molar refractivity (Wildman–Crippen MR) is 61.4 cm³/mol. The molecule has 1 heterocycles. The Hall–Kier alpha value is -0.720. The maximum absolute atomic E-state index is 5.54. The van der Waals surface area contributed by atoms with Gasteiger partial charge in [-0.05, 0) is 12.3 Å². The van der Waals surface area contributed by atoms with Crippen LogP contribution in [0.15, 0.2) is 0 Å². The van der Waals surface area contributed by atoms with Crippen LogP contribution in [0.2, 0.25) is 0 Å². The third-order valence-corrected chi connectivity index (χ3v) is 2.81. The van der Waals surface area contributed by atoms with E-state index < -0.39 is 0 Å². The quantitative estimate of drug-likeness (QED) is 0.551. The molecule has 0 saturated carbocycles. The molecule has 0 aromatic carbocycles. The molecule has 0 aliphatic heterocycles. The third-order valence-electron chi connectivity index (χ3n) is 2.11. The summed E-state index contributed by atoms with van der Waals surface area (Å²) in [5, 5.41) is 4.71. The maximum Gasteiger partial charge on any atom is 0.149 e. The van der Waals surface area contributed by atoms with Gasteiger partial charge >= 0.3 is 0 Å². The van der Waals surface area contributed by atoms with E-state index in [4.69, 9.17) is 10.6 Å². The molecule has 0 bridgehead atoms. The molecule has 1 unspecified atom stereocenters. The lowest BCUT2D eigenvalue weighted by Gasteiger charge is -2.09. The zero-order valence-corrected chi connectivity index (χ0v) is 10.0. The number of nitrogens with one attached hydrogen (secondary N) is 1. The van der Waals surface area contributed by atoms with Crippen molar-refractivity contribution in [3.8, 4) is 0 Å². The highest BCUT2D eigenvalue weighted by Crippen LogP contribution is 2.17. The van der Waals surface area contributed by atoms with Crippen LogP contribution in [0.4, 0.5) is 5.00 Å². The van der Waals surface area contributed by atoms with E-state index in [0.29, 0.717) is 12.5 Å². The van der Waals surface area contributed by atoms with Crippen molar-refractivity contribution in [2.45, 2.75) is 33.3 Å². The van der Waals surface area contributed by atoms with E-state index in [-0.39, 0.29) is 0 Å². The summed E-state index contributed by atoms with van der Waals surface area (Å²) in [5.74, 6) is 5.89. The topological polar surface area (TPSA) is 73.1 Å². The number of anilines is 1. The van der Waals surface area contributed by atoms with E-state index in [1.165, 1.54) is 24.4 Å². The second-order valence-electron chi connectivity index (χ2n) is 3.60. The molecule has 0 aliphatic rings. The summed E-state index contributed by atoms with van der Waals surface area (Å²) in [7, 11) is 0. The van der Waals surface area contributed by atoms with E-state index in [2.05, 4.69) is 28.9 Å². The molecule has 15 heavy (non-hydrogen) atoms. The molecular weight excluding hydrogens is 212 g/mol. The van der Waals surface area contributed by atoms with Crippen LogP contribution >= 0.6 is 11.5 Å². The minimum absolute atomic E-state index is 0.476. The van der Waals surface area contributed by atoms with E-state index in [0.717, 1.165) is 17.3 Å². The highest BCUT2D eigenvalue weighted by Gasteiger charge is 2.07. The second kappa shape index (κ2) is 6.71. The minimum atomic E-state index is 0.476. The first-order valence-electron chi connectivity index (χ1n) is 5.13. The molecule has 1 aromatic heterocycles. The summed E-state index contributed by atoms with van der Waals surface area (Å²) in [6.07, 6.45) is 2.38. The normalized spacial score (nSPS) is 12.7. The van der Waals surface area contributed by atoms with E-state index >= 15 is 0 Å². The molecule has 1 rings (SSSR count). The molecule has 86 valence electrons. The molecule has 0 amide bonds. The molecule has 0 aliphatic carbocycles. The largest absolute Gasteiger partial charge is 0.375 e. The van der Waals surface area contributed by atoms with Crippen molar-refractivity contribution in [3.05, 3.63) is 5.69 Å². The first-order valence-corrected chi connectivity index (χ1v) is 5.90. The molecule has 1 aromatic rings. The van der Waals surface area contributed by atoms with E-state index in [9.17, 15) is 0 Å². The van der Waals surface area contributed by atoms with Crippen LogP contribution in [0.3, 0.4) is 0 Å². The Morgan fingerprint density at radius 2 is 2.40 bits per heavy atom. The zero-order chi connectivity index (χ0) is 11.1. The number of hydrogen-bond acceptors (Lipinski definition) is 6. The van der Waals surface area contributed by atoms with E-state index in [1.807, 2.05) is 0 Å². The van der Waals surface area contributed by atoms with Gasteiger partial charge in [0.1, 0.15) is 10.7 Å². The van der Waals surface area contributed by atoms with Crippen LogP contribution in [0.5, 0.6) is 0 Å². The second-order valence-corrected chi connectivity index (χ2v) is 4.36. The van der Waals surface area contributed by atoms with Crippen molar-refractivity contribution in [1.82, 2.24) is 9.59 Å². The number of aromatic nitrogens is 2. The Morgan fingerprint density at radius 1 is 1.60 bits per heavy atom. The number of nitrogens with zero attached hydrogens (tertiary/aromatic N) is 2. The predicted octanol–water partition coefficient (Wildman–Crippen LogP) is 1.78. The van der Waals surface area contributed by atoms with Crippen molar-refractivity contribution in [2.24, 2.45) is 11.8 Å². The average Bonchev–Trinajstić information content (AvgIpc) is 2.66. The number of hydrogen-bond donors (Lipinski definition) is 2. The molecule has 6 heteroatoms. The fourth-order valence-electron chi connectivity index (χ4n) is 1.35. The molecule has 0 radical (unpaired) electrons. The van der Waals surface area contributed by atoms with Crippen LogP contribution in [0.25, 0.3) is 0 Å². The number of ether oxygens (including phenoxy) is 1. The summed E-state index contributed by atoms with van der Waals surface area (Å²) >= 11 is 1.24. The number of rotatable bonds is 7. The first kappa shape index (κ1) is 12.4. The monoisotopic (exact) mass is 230 g/mol. The van der Waals surface area contributed by atoms with Gasteiger partial charge in [-0.1, -0.05) is 24.8 Å². The van der Waals surface area contributed by atoms with Crippen LogP contribution in [-0.2, 0) is 11.3 Å². The molecule has 0 fully saturated rings. The standard InChI is InChI=1S/C9H18N4OS/c1-3-4-7(2)5-14-6-8-9(11-10)15-13-12-8/h7,11H,3-6,10H2,1-2H3. The fourth-order valence-corrected chi connectivity index (χ4v) is 1.82. The summed E-state index contributed by atoms with van der Waals surface area (Å²) in [5.41, 5.74) is 3.34. The lowest BCUT2D eigenvalue weighted by Crippen LogP contribution is -2.10. The molecule has 3 N–H and O–H groups in total. The Bertz CT molecular complexity index is 279.